The van der Waals surface area contributed by atoms with E-state index in [-0.39, 0.29) is 23.0 Å². The van der Waals surface area contributed by atoms with Crippen molar-refractivity contribution in [2.24, 2.45) is 0 Å². The Morgan fingerprint density at radius 3 is 2.50 bits per heavy atom. The number of hydrogen-bond donors (Lipinski definition) is 0. The Morgan fingerprint density at radius 1 is 1.05 bits per heavy atom. The summed E-state index contributed by atoms with van der Waals surface area (Å²) >= 11 is 0. The number of carbonyl (C=O) groups is 1. The first-order valence-corrected chi connectivity index (χ1v) is 14.6. The summed E-state index contributed by atoms with van der Waals surface area (Å²) in [6, 6.07) is 9.36. The molecule has 0 N–H and O–H groups in total. The number of pyridine rings is 1. The lowest BCUT2D eigenvalue weighted by atomic mass is 9.72. The van der Waals surface area contributed by atoms with Crippen molar-refractivity contribution in [1.29, 1.82) is 0 Å². The van der Waals surface area contributed by atoms with Crippen LogP contribution < -0.4 is 4.74 Å². The maximum Gasteiger partial charge on any atom is 0.226 e. The summed E-state index contributed by atoms with van der Waals surface area (Å²) in [5.41, 5.74) is 1.55. The summed E-state index contributed by atoms with van der Waals surface area (Å²) in [6.45, 7) is 19.0. The SMILES string of the molecule is CC1(C)O[C@@H](C(C)(C)O[SiH2]C(C)(C)C)[C@@H](COc2ccc3c(c2)C(C)(C)c2oc4ncccc4c2C3=O)O1. The van der Waals surface area contributed by atoms with Gasteiger partial charge in [-0.2, -0.15) is 0 Å². The van der Waals surface area contributed by atoms with E-state index < -0.39 is 26.6 Å². The smallest absolute Gasteiger partial charge is 0.226 e. The average Bonchev–Trinajstić information content (AvgIpc) is 3.38. The molecular weight excluding hydrogens is 498 g/mol. The Labute approximate surface area is 227 Å². The first kappa shape index (κ1) is 27.1. The number of carbonyl (C=O) groups excluding carboxylic acids is 1. The standard InChI is InChI=1S/C30H39NO6Si/c1-27(2,3)38-37-29(6,7)24-21(35-30(8,9)36-24)16-33-17-12-13-18-20(15-17)28(4,5)25-22(23(18)32)19-11-10-14-31-26(19)34-25/h10-15,21,24H,16,38H2,1-9H3/t21-,24-/m1/s1. The van der Waals surface area contributed by atoms with Crippen molar-refractivity contribution in [1.82, 2.24) is 4.98 Å². The van der Waals surface area contributed by atoms with Gasteiger partial charge < -0.3 is 23.1 Å². The van der Waals surface area contributed by atoms with Gasteiger partial charge in [-0.05, 0) is 82.5 Å². The first-order chi connectivity index (χ1) is 17.6. The number of rotatable bonds is 6. The molecule has 2 aromatic heterocycles. The lowest BCUT2D eigenvalue weighted by Gasteiger charge is -2.36. The molecule has 3 aromatic rings. The highest BCUT2D eigenvalue weighted by atomic mass is 28.2. The molecule has 5 rings (SSSR count). The van der Waals surface area contributed by atoms with Crippen molar-refractivity contribution in [3.05, 3.63) is 59.0 Å². The Kier molecular flexibility index (Phi) is 6.42. The highest BCUT2D eigenvalue weighted by Crippen LogP contribution is 2.46. The van der Waals surface area contributed by atoms with Crippen LogP contribution in [0.5, 0.6) is 5.75 Å². The Balaban J connectivity index is 1.39. The number of fused-ring (bicyclic) bond motifs is 4. The van der Waals surface area contributed by atoms with Crippen LogP contribution in [0.4, 0.5) is 0 Å². The number of aromatic nitrogens is 1. The average molecular weight is 538 g/mol. The van der Waals surface area contributed by atoms with Gasteiger partial charge in [-0.25, -0.2) is 4.98 Å². The number of ether oxygens (including phenoxy) is 3. The summed E-state index contributed by atoms with van der Waals surface area (Å²) in [7, 11) is -0.794. The molecule has 2 aliphatic rings. The summed E-state index contributed by atoms with van der Waals surface area (Å²) in [4.78, 5) is 17.9. The van der Waals surface area contributed by atoms with Gasteiger partial charge in [-0.15, -0.1) is 0 Å². The fraction of sp³-hybridized carbons (Fsp3) is 0.533. The monoisotopic (exact) mass is 537 g/mol. The zero-order chi connectivity index (χ0) is 27.7. The van der Waals surface area contributed by atoms with E-state index in [0.29, 0.717) is 35.0 Å². The summed E-state index contributed by atoms with van der Waals surface area (Å²) < 4.78 is 31.4. The number of nitrogens with zero attached hydrogens (tertiary/aromatic N) is 1. The molecule has 0 radical (unpaired) electrons. The van der Waals surface area contributed by atoms with Crippen LogP contribution in [0.1, 0.15) is 89.6 Å². The van der Waals surface area contributed by atoms with E-state index >= 15 is 0 Å². The molecule has 204 valence electrons. The Bertz CT molecular complexity index is 1380. The number of furan rings is 1. The molecule has 0 saturated carbocycles. The van der Waals surface area contributed by atoms with Crippen LogP contribution in [-0.2, 0) is 19.3 Å². The molecule has 3 heterocycles. The van der Waals surface area contributed by atoms with Crippen LogP contribution in [0.25, 0.3) is 11.1 Å². The van der Waals surface area contributed by atoms with Gasteiger partial charge in [-0.3, -0.25) is 4.79 Å². The Hall–Kier alpha value is -2.52. The van der Waals surface area contributed by atoms with E-state index in [2.05, 4.69) is 53.5 Å². The van der Waals surface area contributed by atoms with E-state index in [1.54, 1.807) is 6.20 Å². The number of benzene rings is 1. The van der Waals surface area contributed by atoms with Gasteiger partial charge in [0.1, 0.15) is 30.3 Å². The molecule has 1 aliphatic heterocycles. The minimum absolute atomic E-state index is 0.0520. The lowest BCUT2D eigenvalue weighted by molar-refractivity contribution is -0.162. The second-order valence-electron chi connectivity index (χ2n) is 13.2. The van der Waals surface area contributed by atoms with E-state index in [1.165, 1.54) is 0 Å². The predicted molar refractivity (Wildman–Crippen MR) is 149 cm³/mol. The molecule has 0 spiro atoms. The molecule has 1 aromatic carbocycles. The van der Waals surface area contributed by atoms with Crippen LogP contribution in [0.15, 0.2) is 40.9 Å². The topological polar surface area (TPSA) is 80.0 Å². The molecule has 2 atom stereocenters. The molecule has 1 aliphatic carbocycles. The van der Waals surface area contributed by atoms with Crippen LogP contribution >= 0.6 is 0 Å². The normalized spacial score (nSPS) is 22.7. The largest absolute Gasteiger partial charge is 0.491 e. The summed E-state index contributed by atoms with van der Waals surface area (Å²) in [5.74, 6) is 0.511. The minimum Gasteiger partial charge on any atom is -0.491 e. The third kappa shape index (κ3) is 4.83. The Morgan fingerprint density at radius 2 is 1.79 bits per heavy atom. The van der Waals surface area contributed by atoms with Gasteiger partial charge in [0.05, 0.1) is 16.6 Å². The second kappa shape index (κ2) is 9.01. The van der Waals surface area contributed by atoms with Gasteiger partial charge in [0, 0.05) is 17.2 Å². The molecule has 1 fully saturated rings. The van der Waals surface area contributed by atoms with Crippen LogP contribution in [0.2, 0.25) is 5.04 Å². The zero-order valence-electron chi connectivity index (χ0n) is 23.9. The lowest BCUT2D eigenvalue weighted by Crippen LogP contribution is -2.48. The maximum atomic E-state index is 13.5. The van der Waals surface area contributed by atoms with Gasteiger partial charge in [-0.1, -0.05) is 20.8 Å². The number of ketones is 1. The van der Waals surface area contributed by atoms with Gasteiger partial charge in [0.2, 0.25) is 5.71 Å². The molecule has 38 heavy (non-hydrogen) atoms. The first-order valence-electron chi connectivity index (χ1n) is 13.3. The van der Waals surface area contributed by atoms with Crippen molar-refractivity contribution >= 4 is 26.6 Å². The quantitative estimate of drug-likeness (QED) is 0.374. The highest BCUT2D eigenvalue weighted by molar-refractivity contribution is 6.31. The molecule has 1 saturated heterocycles. The van der Waals surface area contributed by atoms with E-state index in [4.69, 9.17) is 23.1 Å². The summed E-state index contributed by atoms with van der Waals surface area (Å²) in [5, 5.41) is 0.916. The van der Waals surface area contributed by atoms with Crippen molar-refractivity contribution in [3.8, 4) is 5.75 Å². The van der Waals surface area contributed by atoms with Crippen molar-refractivity contribution in [3.63, 3.8) is 0 Å². The van der Waals surface area contributed by atoms with Crippen molar-refractivity contribution < 1.29 is 27.8 Å². The fourth-order valence-electron chi connectivity index (χ4n) is 5.39. The van der Waals surface area contributed by atoms with E-state index in [1.807, 2.05) is 44.2 Å². The highest BCUT2D eigenvalue weighted by Gasteiger charge is 2.50. The van der Waals surface area contributed by atoms with Crippen LogP contribution in [-0.4, -0.2) is 50.7 Å². The van der Waals surface area contributed by atoms with E-state index in [9.17, 15) is 4.79 Å². The second-order valence-corrected chi connectivity index (χ2v) is 15.9. The predicted octanol–water partition coefficient (Wildman–Crippen LogP) is 5.69. The van der Waals surface area contributed by atoms with Crippen LogP contribution in [0, 0.1) is 0 Å². The van der Waals surface area contributed by atoms with Gasteiger partial charge >= 0.3 is 0 Å². The third-order valence-electron chi connectivity index (χ3n) is 7.33. The van der Waals surface area contributed by atoms with Crippen molar-refractivity contribution in [2.45, 2.75) is 96.4 Å². The third-order valence-corrected chi connectivity index (χ3v) is 9.08. The number of hydrogen-bond acceptors (Lipinski definition) is 7. The van der Waals surface area contributed by atoms with Gasteiger partial charge in [0.15, 0.2) is 21.3 Å². The van der Waals surface area contributed by atoms with Gasteiger partial charge in [0.25, 0.3) is 0 Å². The summed E-state index contributed by atoms with van der Waals surface area (Å²) in [6.07, 6.45) is 1.08. The van der Waals surface area contributed by atoms with Crippen LogP contribution in [0.3, 0.4) is 0 Å². The molecule has 0 amide bonds. The van der Waals surface area contributed by atoms with E-state index in [0.717, 1.165) is 10.9 Å². The molecule has 0 bridgehead atoms. The minimum atomic E-state index is -0.794. The molecule has 0 unspecified atom stereocenters. The molecule has 7 nitrogen and oxygen atoms in total. The fourth-order valence-corrected chi connectivity index (χ4v) is 6.36. The molecule has 8 heteroatoms. The molecular formula is C30H39NO6Si. The maximum absolute atomic E-state index is 13.5. The van der Waals surface area contributed by atoms with Crippen molar-refractivity contribution in [2.75, 3.05) is 6.61 Å². The zero-order valence-corrected chi connectivity index (χ0v) is 25.3.